The van der Waals surface area contributed by atoms with Crippen LogP contribution in [-0.2, 0) is 0 Å². The Morgan fingerprint density at radius 3 is 2.77 bits per heavy atom. The van der Waals surface area contributed by atoms with Crippen LogP contribution in [0.15, 0.2) is 11.8 Å². The molecule has 0 aromatic rings. The van der Waals surface area contributed by atoms with E-state index in [1.165, 1.54) is 25.0 Å². The number of nitrogens with one attached hydrogen (secondary N) is 2. The first-order valence-electron chi connectivity index (χ1n) is 5.28. The number of hydrogen-bond donors (Lipinski definition) is 2. The largest absolute Gasteiger partial charge is 0.382 e. The lowest BCUT2D eigenvalue weighted by atomic mass is 9.75. The number of allylic oxidation sites excluding steroid dienone is 1. The predicted octanol–water partition coefficient (Wildman–Crippen LogP) is 1.64. The second kappa shape index (κ2) is 3.02. The molecule has 0 aromatic heterocycles. The van der Waals surface area contributed by atoms with Gasteiger partial charge in [0.05, 0.1) is 0 Å². The van der Waals surface area contributed by atoms with Crippen molar-refractivity contribution in [3.8, 4) is 0 Å². The second-order valence-corrected chi connectivity index (χ2v) is 4.98. The van der Waals surface area contributed by atoms with Crippen molar-refractivity contribution in [2.75, 3.05) is 7.05 Å². The van der Waals surface area contributed by atoms with Crippen LogP contribution >= 0.6 is 0 Å². The molecule has 1 saturated heterocycles. The maximum atomic E-state index is 3.55. The van der Waals surface area contributed by atoms with Crippen molar-refractivity contribution in [3.63, 3.8) is 0 Å². The Bertz CT molecular complexity index is 230. The average molecular weight is 180 g/mol. The van der Waals surface area contributed by atoms with E-state index in [0.717, 1.165) is 0 Å². The molecule has 1 fully saturated rings. The molecule has 13 heavy (non-hydrogen) atoms. The van der Waals surface area contributed by atoms with Gasteiger partial charge < -0.3 is 10.6 Å². The number of rotatable bonds is 1. The Kier molecular flexibility index (Phi) is 2.11. The van der Waals surface area contributed by atoms with Gasteiger partial charge in [-0.3, -0.25) is 0 Å². The lowest BCUT2D eigenvalue weighted by Crippen LogP contribution is -2.48. The molecule has 2 heteroatoms. The van der Waals surface area contributed by atoms with Crippen molar-refractivity contribution in [2.24, 2.45) is 5.41 Å². The van der Waals surface area contributed by atoms with Gasteiger partial charge in [-0.25, -0.2) is 0 Å². The zero-order chi connectivity index (χ0) is 9.47. The Labute approximate surface area is 80.8 Å². The fourth-order valence-electron chi connectivity index (χ4n) is 2.43. The van der Waals surface area contributed by atoms with E-state index in [1.54, 1.807) is 0 Å². The first-order chi connectivity index (χ1) is 6.12. The highest BCUT2D eigenvalue weighted by molar-refractivity contribution is 5.25. The van der Waals surface area contributed by atoms with Gasteiger partial charge in [0, 0.05) is 23.2 Å². The second-order valence-electron chi connectivity index (χ2n) is 4.98. The minimum Gasteiger partial charge on any atom is -0.382 e. The van der Waals surface area contributed by atoms with Gasteiger partial charge >= 0.3 is 0 Å². The molecule has 2 aliphatic heterocycles. The van der Waals surface area contributed by atoms with Crippen molar-refractivity contribution >= 4 is 0 Å². The molecule has 2 unspecified atom stereocenters. The Morgan fingerprint density at radius 2 is 2.15 bits per heavy atom. The molecule has 74 valence electrons. The molecule has 0 spiro atoms. The summed E-state index contributed by atoms with van der Waals surface area (Å²) in [6, 6.07) is 1.36. The summed E-state index contributed by atoms with van der Waals surface area (Å²) in [6.07, 6.45) is 6.23. The van der Waals surface area contributed by atoms with E-state index in [2.05, 4.69) is 37.6 Å². The van der Waals surface area contributed by atoms with Gasteiger partial charge in [0.2, 0.25) is 0 Å². The fraction of sp³-hybridized carbons (Fsp3) is 0.818. The molecular weight excluding hydrogens is 160 g/mol. The van der Waals surface area contributed by atoms with Crippen LogP contribution < -0.4 is 10.6 Å². The molecule has 1 aliphatic carbocycles. The lowest BCUT2D eigenvalue weighted by Gasteiger charge is -2.43. The average Bonchev–Trinajstić information content (AvgIpc) is 1.94. The third-order valence-corrected chi connectivity index (χ3v) is 3.43. The third kappa shape index (κ3) is 1.60. The van der Waals surface area contributed by atoms with E-state index < -0.39 is 0 Å². The van der Waals surface area contributed by atoms with E-state index in [9.17, 15) is 0 Å². The van der Waals surface area contributed by atoms with E-state index in [0.29, 0.717) is 17.5 Å². The third-order valence-electron chi connectivity index (χ3n) is 3.43. The molecule has 2 atom stereocenters. The van der Waals surface area contributed by atoms with Crippen LogP contribution in [0, 0.1) is 5.41 Å². The standard InChI is InChI=1S/C11H20N2/c1-11(2)7-9(12-3)5-4-8-6-10(11)13-8/h6,8-9,12-13H,4-5,7H2,1-3H3. The van der Waals surface area contributed by atoms with E-state index in [4.69, 9.17) is 0 Å². The zero-order valence-corrected chi connectivity index (χ0v) is 8.85. The highest BCUT2D eigenvalue weighted by Gasteiger charge is 2.35. The van der Waals surface area contributed by atoms with Crippen molar-refractivity contribution in [1.29, 1.82) is 0 Å². The molecule has 3 aliphatic rings. The minimum absolute atomic E-state index is 0.338. The number of fused-ring (bicyclic) bond motifs is 4. The molecule has 0 amide bonds. The van der Waals surface area contributed by atoms with Gasteiger partial charge in [-0.2, -0.15) is 0 Å². The van der Waals surface area contributed by atoms with Crippen LogP contribution in [-0.4, -0.2) is 19.1 Å². The molecule has 2 nitrogen and oxygen atoms in total. The van der Waals surface area contributed by atoms with Gasteiger partial charge in [-0.1, -0.05) is 13.8 Å². The van der Waals surface area contributed by atoms with Crippen molar-refractivity contribution in [1.82, 2.24) is 10.6 Å². The van der Waals surface area contributed by atoms with Crippen LogP contribution in [0.25, 0.3) is 0 Å². The molecule has 2 bridgehead atoms. The summed E-state index contributed by atoms with van der Waals surface area (Å²) in [6.45, 7) is 4.66. The van der Waals surface area contributed by atoms with Gasteiger partial charge in [0.25, 0.3) is 0 Å². The fourth-order valence-corrected chi connectivity index (χ4v) is 2.43. The molecule has 2 N–H and O–H groups in total. The van der Waals surface area contributed by atoms with Crippen LogP contribution in [0.4, 0.5) is 0 Å². The van der Waals surface area contributed by atoms with Crippen LogP contribution in [0.2, 0.25) is 0 Å². The van der Waals surface area contributed by atoms with Gasteiger partial charge in [0.1, 0.15) is 0 Å². The normalized spacial score (nSPS) is 36.4. The zero-order valence-electron chi connectivity index (χ0n) is 8.85. The SMILES string of the molecule is CNC1CCC2C=C(N2)C(C)(C)C1. The van der Waals surface area contributed by atoms with Crippen molar-refractivity contribution in [3.05, 3.63) is 11.8 Å². The Balaban J connectivity index is 2.13. The minimum atomic E-state index is 0.338. The summed E-state index contributed by atoms with van der Waals surface area (Å²) < 4.78 is 0. The summed E-state index contributed by atoms with van der Waals surface area (Å²) in [5.74, 6) is 0. The molecule has 0 aromatic carbocycles. The van der Waals surface area contributed by atoms with E-state index >= 15 is 0 Å². The first-order valence-corrected chi connectivity index (χ1v) is 5.28. The van der Waals surface area contributed by atoms with E-state index in [-0.39, 0.29) is 0 Å². The van der Waals surface area contributed by atoms with Crippen molar-refractivity contribution in [2.45, 2.75) is 45.2 Å². The summed E-state index contributed by atoms with van der Waals surface area (Å²) in [4.78, 5) is 0. The topological polar surface area (TPSA) is 24.1 Å². The smallest absolute Gasteiger partial charge is 0.0461 e. The summed E-state index contributed by atoms with van der Waals surface area (Å²) in [5, 5.41) is 6.96. The summed E-state index contributed by atoms with van der Waals surface area (Å²) in [5.41, 5.74) is 1.79. The van der Waals surface area contributed by atoms with Gasteiger partial charge in [0.15, 0.2) is 0 Å². The van der Waals surface area contributed by atoms with Crippen LogP contribution in [0.3, 0.4) is 0 Å². The molecule has 3 rings (SSSR count). The van der Waals surface area contributed by atoms with E-state index in [1.807, 2.05) is 0 Å². The monoisotopic (exact) mass is 180 g/mol. The summed E-state index contributed by atoms with van der Waals surface area (Å²) >= 11 is 0. The molecule has 2 heterocycles. The summed E-state index contributed by atoms with van der Waals surface area (Å²) in [7, 11) is 2.08. The molecular formula is C11H20N2. The highest BCUT2D eigenvalue weighted by Crippen LogP contribution is 2.38. The first kappa shape index (κ1) is 9.07. The number of hydrogen-bond acceptors (Lipinski definition) is 2. The molecule has 0 radical (unpaired) electrons. The van der Waals surface area contributed by atoms with Crippen LogP contribution in [0.5, 0.6) is 0 Å². The molecule has 0 saturated carbocycles. The predicted molar refractivity (Wildman–Crippen MR) is 55.5 cm³/mol. The Hall–Kier alpha value is -0.500. The lowest BCUT2D eigenvalue weighted by molar-refractivity contribution is 0.255. The maximum absolute atomic E-state index is 3.55. The van der Waals surface area contributed by atoms with Gasteiger partial charge in [-0.15, -0.1) is 0 Å². The van der Waals surface area contributed by atoms with Crippen molar-refractivity contribution < 1.29 is 0 Å². The van der Waals surface area contributed by atoms with Gasteiger partial charge in [-0.05, 0) is 32.4 Å². The quantitative estimate of drug-likeness (QED) is 0.641. The van der Waals surface area contributed by atoms with Crippen LogP contribution in [0.1, 0.15) is 33.1 Å². The maximum Gasteiger partial charge on any atom is 0.0461 e. The Morgan fingerprint density at radius 1 is 1.46 bits per heavy atom. The highest BCUT2D eigenvalue weighted by atomic mass is 15.0.